The van der Waals surface area contributed by atoms with Crippen LogP contribution in [0.25, 0.3) is 11.1 Å². The predicted molar refractivity (Wildman–Crippen MR) is 125 cm³/mol. The normalized spacial score (nSPS) is 12.7. The molecule has 0 saturated heterocycles. The SMILES string of the molecule is Cc1c(N(C)C(=O)OCC2c3ccccc3-c3ccccc32)cc(CC(=O)O)cc1[B-](F)(F)F. The van der Waals surface area contributed by atoms with Crippen LogP contribution in [0.4, 0.5) is 23.4 Å². The van der Waals surface area contributed by atoms with Gasteiger partial charge in [0.05, 0.1) is 6.42 Å². The van der Waals surface area contributed by atoms with Crippen LogP contribution in [0.3, 0.4) is 0 Å². The average molecular weight is 468 g/mol. The first-order valence-corrected chi connectivity index (χ1v) is 10.7. The Morgan fingerprint density at radius 2 is 1.56 bits per heavy atom. The van der Waals surface area contributed by atoms with E-state index in [-0.39, 0.29) is 29.3 Å². The molecule has 1 aliphatic carbocycles. The number of rotatable bonds is 6. The number of carboxylic acid groups (broad SMARTS) is 1. The van der Waals surface area contributed by atoms with Gasteiger partial charge in [-0.3, -0.25) is 9.69 Å². The third-order valence-corrected chi connectivity index (χ3v) is 6.16. The molecule has 0 saturated carbocycles. The van der Waals surface area contributed by atoms with Gasteiger partial charge in [-0.25, -0.2) is 4.79 Å². The van der Waals surface area contributed by atoms with Gasteiger partial charge >= 0.3 is 19.0 Å². The highest BCUT2D eigenvalue weighted by atomic mass is 19.4. The number of carbonyl (C=O) groups excluding carboxylic acids is 1. The lowest BCUT2D eigenvalue weighted by atomic mass is 9.75. The van der Waals surface area contributed by atoms with Crippen LogP contribution in [0.15, 0.2) is 60.7 Å². The monoisotopic (exact) mass is 468 g/mol. The van der Waals surface area contributed by atoms with E-state index in [1.165, 1.54) is 20.0 Å². The molecule has 1 amide bonds. The Bertz CT molecular complexity index is 1230. The molecule has 0 heterocycles. The summed E-state index contributed by atoms with van der Waals surface area (Å²) in [5, 5.41) is 9.05. The Morgan fingerprint density at radius 1 is 1.00 bits per heavy atom. The zero-order valence-corrected chi connectivity index (χ0v) is 18.6. The lowest BCUT2D eigenvalue weighted by Crippen LogP contribution is -2.39. The molecule has 176 valence electrons. The molecule has 3 aromatic carbocycles. The maximum absolute atomic E-state index is 13.6. The van der Waals surface area contributed by atoms with Crippen molar-refractivity contribution in [3.05, 3.63) is 82.9 Å². The van der Waals surface area contributed by atoms with Crippen LogP contribution in [0.1, 0.15) is 28.2 Å². The first-order valence-electron chi connectivity index (χ1n) is 10.7. The minimum absolute atomic E-state index is 0.0150. The van der Waals surface area contributed by atoms with E-state index >= 15 is 0 Å². The number of benzene rings is 3. The van der Waals surface area contributed by atoms with Crippen LogP contribution in [-0.4, -0.2) is 37.8 Å². The second-order valence-electron chi connectivity index (χ2n) is 8.34. The molecule has 0 radical (unpaired) electrons. The number of hydrogen-bond donors (Lipinski definition) is 1. The summed E-state index contributed by atoms with van der Waals surface area (Å²) >= 11 is 0. The fraction of sp³-hybridized carbons (Fsp3) is 0.200. The largest absolute Gasteiger partial charge is 0.509 e. The van der Waals surface area contributed by atoms with Crippen molar-refractivity contribution in [1.82, 2.24) is 0 Å². The Hall–Kier alpha value is -3.75. The number of halogens is 3. The van der Waals surface area contributed by atoms with Crippen molar-refractivity contribution in [3.63, 3.8) is 0 Å². The molecular formula is C25H22BF3NO4-. The Labute approximate surface area is 194 Å². The van der Waals surface area contributed by atoms with E-state index in [9.17, 15) is 22.5 Å². The summed E-state index contributed by atoms with van der Waals surface area (Å²) < 4.78 is 46.4. The number of fused-ring (bicyclic) bond motifs is 3. The minimum atomic E-state index is -5.40. The molecular weight excluding hydrogens is 446 g/mol. The van der Waals surface area contributed by atoms with E-state index in [2.05, 4.69) is 0 Å². The van der Waals surface area contributed by atoms with Crippen molar-refractivity contribution in [2.45, 2.75) is 19.3 Å². The van der Waals surface area contributed by atoms with Crippen molar-refractivity contribution < 1.29 is 32.4 Å². The van der Waals surface area contributed by atoms with E-state index in [0.29, 0.717) is 0 Å². The molecule has 0 fully saturated rings. The summed E-state index contributed by atoms with van der Waals surface area (Å²) in [5.74, 6) is -1.46. The zero-order valence-electron chi connectivity index (χ0n) is 18.6. The summed E-state index contributed by atoms with van der Waals surface area (Å²) in [7, 11) is 1.32. The Balaban J connectivity index is 1.60. The number of amides is 1. The quantitative estimate of drug-likeness (QED) is 0.514. The number of carboxylic acids is 1. The van der Waals surface area contributed by atoms with Crippen LogP contribution in [0.5, 0.6) is 0 Å². The molecule has 1 aliphatic rings. The molecule has 0 bridgehead atoms. The van der Waals surface area contributed by atoms with Crippen molar-refractivity contribution >= 4 is 30.2 Å². The Kier molecular flexibility index (Phi) is 6.12. The molecule has 0 unspecified atom stereocenters. The summed E-state index contributed by atoms with van der Waals surface area (Å²) in [6, 6.07) is 17.7. The summed E-state index contributed by atoms with van der Waals surface area (Å²) in [4.78, 5) is 25.0. The van der Waals surface area contributed by atoms with Gasteiger partial charge in [0.25, 0.3) is 0 Å². The Morgan fingerprint density at radius 3 is 2.09 bits per heavy atom. The van der Waals surface area contributed by atoms with Gasteiger partial charge in [0, 0.05) is 18.7 Å². The lowest BCUT2D eigenvalue weighted by molar-refractivity contribution is -0.136. The topological polar surface area (TPSA) is 66.8 Å². The highest BCUT2D eigenvalue weighted by Gasteiger charge is 2.32. The van der Waals surface area contributed by atoms with Gasteiger partial charge in [0.2, 0.25) is 0 Å². The van der Waals surface area contributed by atoms with Crippen LogP contribution in [0, 0.1) is 6.92 Å². The van der Waals surface area contributed by atoms with E-state index in [1.54, 1.807) is 0 Å². The lowest BCUT2D eigenvalue weighted by Gasteiger charge is -2.26. The number of aliphatic carboxylic acids is 1. The van der Waals surface area contributed by atoms with Gasteiger partial charge in [0.15, 0.2) is 0 Å². The van der Waals surface area contributed by atoms with Crippen LogP contribution >= 0.6 is 0 Å². The number of nitrogens with zero attached hydrogens (tertiary/aromatic N) is 1. The molecule has 3 aromatic rings. The standard InChI is InChI=1S/C25H22BF3NO4/c1-15-22(26(27,28)29)11-16(13-24(31)32)12-23(15)30(2)25(33)34-14-21-19-9-5-3-7-17(19)18-8-4-6-10-20(18)21/h3-12,21H,13-14H2,1-2H3,(H,31,32)/q-1. The molecule has 34 heavy (non-hydrogen) atoms. The zero-order chi connectivity index (χ0) is 24.6. The first kappa shape index (κ1) is 23.4. The predicted octanol–water partition coefficient (Wildman–Crippen LogP) is 5.06. The van der Waals surface area contributed by atoms with Gasteiger partial charge in [0.1, 0.15) is 6.61 Å². The van der Waals surface area contributed by atoms with Crippen molar-refractivity contribution in [2.24, 2.45) is 0 Å². The van der Waals surface area contributed by atoms with Crippen molar-refractivity contribution in [3.8, 4) is 11.1 Å². The maximum Gasteiger partial charge on any atom is 0.509 e. The van der Waals surface area contributed by atoms with E-state index in [4.69, 9.17) is 9.84 Å². The van der Waals surface area contributed by atoms with Crippen LogP contribution in [-0.2, 0) is 16.0 Å². The van der Waals surface area contributed by atoms with Gasteiger partial charge < -0.3 is 22.8 Å². The number of ether oxygens (including phenoxy) is 1. The fourth-order valence-corrected chi connectivity index (χ4v) is 4.54. The smallest absolute Gasteiger partial charge is 0.481 e. The third kappa shape index (κ3) is 4.38. The van der Waals surface area contributed by atoms with E-state index in [1.807, 2.05) is 48.5 Å². The molecule has 4 rings (SSSR count). The van der Waals surface area contributed by atoms with E-state index in [0.717, 1.165) is 33.2 Å². The molecule has 0 spiro atoms. The summed E-state index contributed by atoms with van der Waals surface area (Å²) in [6.07, 6.45) is -1.41. The van der Waals surface area contributed by atoms with Gasteiger partial charge in [-0.15, -0.1) is 5.46 Å². The van der Waals surface area contributed by atoms with Crippen LogP contribution in [0.2, 0.25) is 0 Å². The third-order valence-electron chi connectivity index (χ3n) is 6.16. The first-order chi connectivity index (χ1) is 16.1. The second-order valence-corrected chi connectivity index (χ2v) is 8.34. The molecule has 1 N–H and O–H groups in total. The molecule has 9 heteroatoms. The van der Waals surface area contributed by atoms with E-state index < -0.39 is 30.9 Å². The maximum atomic E-state index is 13.6. The second kappa shape index (κ2) is 8.89. The minimum Gasteiger partial charge on any atom is -0.481 e. The summed E-state index contributed by atoms with van der Waals surface area (Å²) in [5.41, 5.74) is 2.99. The average Bonchev–Trinajstić information content (AvgIpc) is 3.10. The highest BCUT2D eigenvalue weighted by molar-refractivity contribution is 6.74. The van der Waals surface area contributed by atoms with Gasteiger partial charge in [-0.2, -0.15) is 0 Å². The summed E-state index contributed by atoms with van der Waals surface area (Å²) in [6.45, 7) is -4.13. The molecule has 5 nitrogen and oxygen atoms in total. The molecule has 0 aromatic heterocycles. The fourth-order valence-electron chi connectivity index (χ4n) is 4.54. The van der Waals surface area contributed by atoms with Gasteiger partial charge in [-0.1, -0.05) is 60.2 Å². The number of hydrogen-bond acceptors (Lipinski definition) is 3. The van der Waals surface area contributed by atoms with Gasteiger partial charge in [-0.05, 0) is 40.8 Å². The van der Waals surface area contributed by atoms with Crippen molar-refractivity contribution in [2.75, 3.05) is 18.6 Å². The highest BCUT2D eigenvalue weighted by Crippen LogP contribution is 2.44. The number of anilines is 1. The molecule has 0 aliphatic heterocycles. The molecule has 0 atom stereocenters. The van der Waals surface area contributed by atoms with Crippen LogP contribution < -0.4 is 10.4 Å². The number of carbonyl (C=O) groups is 2. The van der Waals surface area contributed by atoms with Crippen molar-refractivity contribution in [1.29, 1.82) is 0 Å².